The van der Waals surface area contributed by atoms with E-state index in [1.54, 1.807) is 0 Å². The fourth-order valence-electron chi connectivity index (χ4n) is 1.02. The van der Waals surface area contributed by atoms with Crippen LogP contribution >= 0.6 is 15.9 Å². The van der Waals surface area contributed by atoms with E-state index in [0.717, 1.165) is 29.0 Å². The largest absolute Gasteiger partial charge is 0.369 e. The van der Waals surface area contributed by atoms with E-state index in [1.165, 1.54) is 0 Å². The molecule has 1 N–H and O–H groups in total. The molecule has 1 aromatic heterocycles. The fourth-order valence-corrected chi connectivity index (χ4v) is 1.24. The van der Waals surface area contributed by atoms with Gasteiger partial charge in [-0.1, -0.05) is 0 Å². The van der Waals surface area contributed by atoms with E-state index in [-0.39, 0.29) is 0 Å². The van der Waals surface area contributed by atoms with Crippen molar-refractivity contribution in [2.45, 2.75) is 20.3 Å². The summed E-state index contributed by atoms with van der Waals surface area (Å²) in [5.41, 5.74) is 0.997. The van der Waals surface area contributed by atoms with Crippen molar-refractivity contribution >= 4 is 21.7 Å². The number of halogens is 1. The van der Waals surface area contributed by atoms with Gasteiger partial charge in [0.1, 0.15) is 5.82 Å². The summed E-state index contributed by atoms with van der Waals surface area (Å²) < 4.78 is 1.04. The second kappa shape index (κ2) is 5.66. The Morgan fingerprint density at radius 1 is 1.50 bits per heavy atom. The number of aromatic nitrogens is 1. The first-order valence-corrected chi connectivity index (χ1v) is 5.30. The van der Waals surface area contributed by atoms with E-state index in [9.17, 15) is 0 Å². The van der Waals surface area contributed by atoms with Crippen LogP contribution in [0.15, 0.2) is 16.6 Å². The molecule has 0 aromatic carbocycles. The Morgan fingerprint density at radius 2 is 2.29 bits per heavy atom. The van der Waals surface area contributed by atoms with Crippen LogP contribution in [0.1, 0.15) is 19.0 Å². The van der Waals surface area contributed by atoms with Gasteiger partial charge >= 0.3 is 0 Å². The Balaban J connectivity index is 2.50. The summed E-state index contributed by atoms with van der Waals surface area (Å²) >= 11 is 3.41. The maximum atomic E-state index is 4.36. The fraction of sp³-hybridized carbons (Fsp3) is 0.364. The zero-order valence-corrected chi connectivity index (χ0v) is 9.98. The molecule has 0 aliphatic heterocycles. The van der Waals surface area contributed by atoms with Crippen LogP contribution in [0.25, 0.3) is 0 Å². The molecule has 1 rings (SSSR count). The number of anilines is 1. The molecule has 0 unspecified atom stereocenters. The molecule has 2 nitrogen and oxygen atoms in total. The normalized spacial score (nSPS) is 9.07. The second-order valence-electron chi connectivity index (χ2n) is 2.87. The highest BCUT2D eigenvalue weighted by molar-refractivity contribution is 9.10. The third-order valence-corrected chi connectivity index (χ3v) is 2.59. The maximum absolute atomic E-state index is 4.36. The van der Waals surface area contributed by atoms with Gasteiger partial charge in [-0.05, 0) is 41.9 Å². The van der Waals surface area contributed by atoms with Gasteiger partial charge in [-0.25, -0.2) is 4.98 Å². The second-order valence-corrected chi connectivity index (χ2v) is 3.72. The van der Waals surface area contributed by atoms with Crippen molar-refractivity contribution in [1.82, 2.24) is 4.98 Å². The molecule has 0 aliphatic rings. The molecule has 14 heavy (non-hydrogen) atoms. The number of hydrogen-bond acceptors (Lipinski definition) is 2. The maximum Gasteiger partial charge on any atom is 0.126 e. The van der Waals surface area contributed by atoms with Crippen LogP contribution in [0.4, 0.5) is 5.82 Å². The number of pyridine rings is 1. The summed E-state index contributed by atoms with van der Waals surface area (Å²) in [5.74, 6) is 6.76. The Bertz CT molecular complexity index is 363. The number of nitrogens with zero attached hydrogens (tertiary/aromatic N) is 1. The molecule has 74 valence electrons. The lowest BCUT2D eigenvalue weighted by atomic mass is 10.3. The van der Waals surface area contributed by atoms with Crippen LogP contribution in [-0.2, 0) is 0 Å². The first kappa shape index (κ1) is 11.1. The summed E-state index contributed by atoms with van der Waals surface area (Å²) in [4.78, 5) is 4.36. The SMILES string of the molecule is CC#CCCNc1ccc(Br)c(C)n1. The van der Waals surface area contributed by atoms with Gasteiger partial charge in [0.25, 0.3) is 0 Å². The molecule has 3 heteroatoms. The number of nitrogens with one attached hydrogen (secondary N) is 1. The molecule has 1 heterocycles. The molecule has 0 saturated heterocycles. The summed E-state index contributed by atoms with van der Waals surface area (Å²) in [6, 6.07) is 3.95. The molecule has 0 atom stereocenters. The van der Waals surface area contributed by atoms with E-state index < -0.39 is 0 Å². The number of hydrogen-bond donors (Lipinski definition) is 1. The minimum Gasteiger partial charge on any atom is -0.369 e. The molecule has 0 saturated carbocycles. The van der Waals surface area contributed by atoms with Gasteiger partial charge < -0.3 is 5.32 Å². The predicted molar refractivity (Wildman–Crippen MR) is 63.2 cm³/mol. The molecule has 0 spiro atoms. The van der Waals surface area contributed by atoms with Gasteiger partial charge in [0, 0.05) is 17.4 Å². The first-order chi connectivity index (χ1) is 6.74. The van der Waals surface area contributed by atoms with Crippen molar-refractivity contribution in [2.24, 2.45) is 0 Å². The number of aryl methyl sites for hydroxylation is 1. The van der Waals surface area contributed by atoms with Gasteiger partial charge in [0.05, 0.1) is 5.69 Å². The molecule has 1 aromatic rings. The van der Waals surface area contributed by atoms with Gasteiger partial charge in [-0.15, -0.1) is 11.8 Å². The van der Waals surface area contributed by atoms with Crippen LogP contribution in [0.3, 0.4) is 0 Å². The van der Waals surface area contributed by atoms with E-state index in [4.69, 9.17) is 0 Å². The van der Waals surface area contributed by atoms with Crippen molar-refractivity contribution in [2.75, 3.05) is 11.9 Å². The average Bonchev–Trinajstić information content (AvgIpc) is 2.18. The predicted octanol–water partition coefficient (Wildman–Crippen LogP) is 2.98. The van der Waals surface area contributed by atoms with Crippen LogP contribution in [-0.4, -0.2) is 11.5 Å². The smallest absolute Gasteiger partial charge is 0.126 e. The molecular weight excluding hydrogens is 240 g/mol. The Kier molecular flexibility index (Phi) is 4.48. The van der Waals surface area contributed by atoms with Crippen LogP contribution < -0.4 is 5.32 Å². The van der Waals surface area contributed by atoms with Crippen molar-refractivity contribution in [1.29, 1.82) is 0 Å². The molecule has 0 amide bonds. The lowest BCUT2D eigenvalue weighted by molar-refractivity contribution is 1.06. The highest BCUT2D eigenvalue weighted by Gasteiger charge is 1.97. The quantitative estimate of drug-likeness (QED) is 0.661. The molecule has 0 aliphatic carbocycles. The highest BCUT2D eigenvalue weighted by atomic mass is 79.9. The third-order valence-electron chi connectivity index (χ3n) is 1.75. The lowest BCUT2D eigenvalue weighted by Gasteiger charge is -2.04. The van der Waals surface area contributed by atoms with E-state index >= 15 is 0 Å². The molecule has 0 fully saturated rings. The van der Waals surface area contributed by atoms with Gasteiger partial charge in [-0.3, -0.25) is 0 Å². The van der Waals surface area contributed by atoms with Crippen molar-refractivity contribution in [3.8, 4) is 11.8 Å². The number of rotatable bonds is 3. The molecule has 0 radical (unpaired) electrons. The van der Waals surface area contributed by atoms with Crippen LogP contribution in [0.5, 0.6) is 0 Å². The van der Waals surface area contributed by atoms with Crippen LogP contribution in [0, 0.1) is 18.8 Å². The minimum atomic E-state index is 0.842. The third kappa shape index (κ3) is 3.39. The average molecular weight is 253 g/mol. The first-order valence-electron chi connectivity index (χ1n) is 4.50. The summed E-state index contributed by atoms with van der Waals surface area (Å²) in [7, 11) is 0. The monoisotopic (exact) mass is 252 g/mol. The zero-order valence-electron chi connectivity index (χ0n) is 8.39. The van der Waals surface area contributed by atoms with Gasteiger partial charge in [0.15, 0.2) is 0 Å². The lowest BCUT2D eigenvalue weighted by Crippen LogP contribution is -2.02. The van der Waals surface area contributed by atoms with Gasteiger partial charge in [0.2, 0.25) is 0 Å². The van der Waals surface area contributed by atoms with Crippen molar-refractivity contribution < 1.29 is 0 Å². The van der Waals surface area contributed by atoms with Crippen molar-refractivity contribution in [3.05, 3.63) is 22.3 Å². The van der Waals surface area contributed by atoms with E-state index in [0.29, 0.717) is 0 Å². The zero-order chi connectivity index (χ0) is 10.4. The van der Waals surface area contributed by atoms with Crippen LogP contribution in [0.2, 0.25) is 0 Å². The Morgan fingerprint density at radius 3 is 2.93 bits per heavy atom. The highest BCUT2D eigenvalue weighted by Crippen LogP contribution is 2.15. The minimum absolute atomic E-state index is 0.842. The molecular formula is C11H13BrN2. The molecule has 0 bridgehead atoms. The van der Waals surface area contributed by atoms with E-state index in [1.807, 2.05) is 26.0 Å². The Labute approximate surface area is 93.3 Å². The Hall–Kier alpha value is -1.01. The van der Waals surface area contributed by atoms with E-state index in [2.05, 4.69) is 38.1 Å². The summed E-state index contributed by atoms with van der Waals surface area (Å²) in [6.45, 7) is 4.66. The summed E-state index contributed by atoms with van der Waals surface area (Å²) in [6.07, 6.45) is 0.854. The van der Waals surface area contributed by atoms with Crippen molar-refractivity contribution in [3.63, 3.8) is 0 Å². The standard InChI is InChI=1S/C11H13BrN2/c1-3-4-5-8-13-11-7-6-10(12)9(2)14-11/h6-7H,5,8H2,1-2H3,(H,13,14). The van der Waals surface area contributed by atoms with Gasteiger partial charge in [-0.2, -0.15) is 0 Å². The summed E-state index contributed by atoms with van der Waals surface area (Å²) in [5, 5.41) is 3.21. The topological polar surface area (TPSA) is 24.9 Å².